The number of hydrogen-bond acceptors (Lipinski definition) is 6. The summed E-state index contributed by atoms with van der Waals surface area (Å²) in [5.74, 6) is 4.61. The number of anilines is 1. The van der Waals surface area contributed by atoms with Crippen LogP contribution in [0.15, 0.2) is 10.6 Å². The molecule has 2 aromatic rings. The Balaban J connectivity index is 1.42. The molecule has 4 rings (SSSR count). The minimum atomic E-state index is 0.413. The fourth-order valence-electron chi connectivity index (χ4n) is 3.23. The Morgan fingerprint density at radius 2 is 1.87 bits per heavy atom. The lowest BCUT2D eigenvalue weighted by Gasteiger charge is -2.31. The molecule has 3 heterocycles. The summed E-state index contributed by atoms with van der Waals surface area (Å²) in [6.45, 7) is 6.06. The second-order valence-electron chi connectivity index (χ2n) is 6.64. The smallest absolute Gasteiger partial charge is 0.229 e. The summed E-state index contributed by atoms with van der Waals surface area (Å²) in [7, 11) is 0. The average molecular weight is 313 g/mol. The highest BCUT2D eigenvalue weighted by Crippen LogP contribution is 2.39. The first-order chi connectivity index (χ1) is 11.2. The van der Waals surface area contributed by atoms with E-state index in [4.69, 9.17) is 4.52 Å². The van der Waals surface area contributed by atoms with Gasteiger partial charge >= 0.3 is 0 Å². The van der Waals surface area contributed by atoms with Crippen molar-refractivity contribution in [3.05, 3.63) is 29.3 Å². The molecule has 2 aromatic heterocycles. The summed E-state index contributed by atoms with van der Waals surface area (Å²) in [5, 5.41) is 4.21. The minimum absolute atomic E-state index is 0.413. The van der Waals surface area contributed by atoms with E-state index in [-0.39, 0.29) is 0 Å². The van der Waals surface area contributed by atoms with Crippen molar-refractivity contribution in [2.75, 3.05) is 18.0 Å². The Morgan fingerprint density at radius 1 is 1.09 bits per heavy atom. The molecular formula is C17H23N5O. The van der Waals surface area contributed by atoms with Crippen molar-refractivity contribution in [2.45, 2.75) is 57.8 Å². The number of aromatic nitrogens is 4. The van der Waals surface area contributed by atoms with E-state index in [0.29, 0.717) is 11.8 Å². The molecule has 6 nitrogen and oxygen atoms in total. The molecule has 0 atom stereocenters. The van der Waals surface area contributed by atoms with Crippen LogP contribution in [0.4, 0.5) is 5.82 Å². The lowest BCUT2D eigenvalue weighted by molar-refractivity contribution is 0.364. The topological polar surface area (TPSA) is 67.9 Å². The third-order valence-electron chi connectivity index (χ3n) is 4.81. The van der Waals surface area contributed by atoms with E-state index in [1.54, 1.807) is 0 Å². The quantitative estimate of drug-likeness (QED) is 0.864. The van der Waals surface area contributed by atoms with E-state index in [0.717, 1.165) is 61.4 Å². The minimum Gasteiger partial charge on any atom is -0.356 e. The summed E-state index contributed by atoms with van der Waals surface area (Å²) in [5.41, 5.74) is 1.11. The van der Waals surface area contributed by atoms with Crippen molar-refractivity contribution in [1.29, 1.82) is 0 Å². The second-order valence-corrected chi connectivity index (χ2v) is 6.64. The van der Waals surface area contributed by atoms with Crippen molar-refractivity contribution in [2.24, 2.45) is 0 Å². The molecule has 23 heavy (non-hydrogen) atoms. The van der Waals surface area contributed by atoms with Gasteiger partial charge in [0, 0.05) is 36.7 Å². The molecule has 0 radical (unpaired) electrons. The van der Waals surface area contributed by atoms with Gasteiger partial charge in [-0.25, -0.2) is 9.97 Å². The van der Waals surface area contributed by atoms with Gasteiger partial charge in [-0.2, -0.15) is 4.98 Å². The number of hydrogen-bond donors (Lipinski definition) is 0. The lowest BCUT2D eigenvalue weighted by atomic mass is 9.96. The van der Waals surface area contributed by atoms with Crippen molar-refractivity contribution in [3.8, 4) is 0 Å². The summed E-state index contributed by atoms with van der Waals surface area (Å²) in [4.78, 5) is 16.0. The van der Waals surface area contributed by atoms with Crippen molar-refractivity contribution in [1.82, 2.24) is 20.1 Å². The molecule has 1 saturated heterocycles. The molecule has 2 fully saturated rings. The van der Waals surface area contributed by atoms with Crippen LogP contribution in [0.3, 0.4) is 0 Å². The first-order valence-corrected chi connectivity index (χ1v) is 8.66. The van der Waals surface area contributed by atoms with Crippen LogP contribution in [-0.4, -0.2) is 33.2 Å². The van der Waals surface area contributed by atoms with Crippen LogP contribution in [0.1, 0.15) is 67.7 Å². The second kappa shape index (κ2) is 5.91. The van der Waals surface area contributed by atoms with Crippen molar-refractivity contribution in [3.63, 3.8) is 0 Å². The molecule has 0 bridgehead atoms. The van der Waals surface area contributed by atoms with Gasteiger partial charge in [-0.3, -0.25) is 0 Å². The molecule has 0 aromatic carbocycles. The predicted molar refractivity (Wildman–Crippen MR) is 86.6 cm³/mol. The Kier molecular flexibility index (Phi) is 3.75. The molecule has 1 aliphatic carbocycles. The monoisotopic (exact) mass is 313 g/mol. The van der Waals surface area contributed by atoms with Gasteiger partial charge in [0.1, 0.15) is 11.6 Å². The number of rotatable bonds is 4. The van der Waals surface area contributed by atoms with Crippen LogP contribution < -0.4 is 4.90 Å². The van der Waals surface area contributed by atoms with E-state index in [9.17, 15) is 0 Å². The SMILES string of the molecule is CCc1cc(N2CCC(c3noc(C4CC4)n3)CC2)nc(C)n1. The van der Waals surface area contributed by atoms with Gasteiger partial charge < -0.3 is 9.42 Å². The first-order valence-electron chi connectivity index (χ1n) is 8.66. The van der Waals surface area contributed by atoms with Gasteiger partial charge in [0.05, 0.1) is 0 Å². The van der Waals surface area contributed by atoms with E-state index >= 15 is 0 Å². The molecule has 0 amide bonds. The van der Waals surface area contributed by atoms with Gasteiger partial charge in [0.25, 0.3) is 0 Å². The van der Waals surface area contributed by atoms with Crippen molar-refractivity contribution >= 4 is 5.82 Å². The van der Waals surface area contributed by atoms with E-state index in [1.165, 1.54) is 12.8 Å². The molecule has 122 valence electrons. The zero-order valence-corrected chi connectivity index (χ0v) is 13.8. The molecule has 0 N–H and O–H groups in total. The Labute approximate surface area is 136 Å². The molecule has 6 heteroatoms. The Morgan fingerprint density at radius 3 is 2.57 bits per heavy atom. The van der Waals surface area contributed by atoms with Gasteiger partial charge in [-0.15, -0.1) is 0 Å². The van der Waals surface area contributed by atoms with Crippen LogP contribution in [0.2, 0.25) is 0 Å². The van der Waals surface area contributed by atoms with Crippen LogP contribution in [0.5, 0.6) is 0 Å². The first kappa shape index (κ1) is 14.6. The van der Waals surface area contributed by atoms with Crippen LogP contribution in [0, 0.1) is 6.92 Å². The largest absolute Gasteiger partial charge is 0.356 e. The maximum Gasteiger partial charge on any atom is 0.229 e. The van der Waals surface area contributed by atoms with Gasteiger partial charge in [-0.05, 0) is 39.0 Å². The maximum absolute atomic E-state index is 5.40. The summed E-state index contributed by atoms with van der Waals surface area (Å²) in [6.07, 6.45) is 5.45. The van der Waals surface area contributed by atoms with Crippen LogP contribution in [0.25, 0.3) is 0 Å². The van der Waals surface area contributed by atoms with Gasteiger partial charge in [0.15, 0.2) is 5.82 Å². The third kappa shape index (κ3) is 3.07. The molecule has 0 unspecified atom stereocenters. The van der Waals surface area contributed by atoms with Crippen molar-refractivity contribution < 1.29 is 4.52 Å². The molecular weight excluding hydrogens is 290 g/mol. The number of nitrogens with zero attached hydrogens (tertiary/aromatic N) is 5. The number of piperidine rings is 1. The Hall–Kier alpha value is -1.98. The zero-order chi connectivity index (χ0) is 15.8. The van der Waals surface area contributed by atoms with E-state index < -0.39 is 0 Å². The molecule has 1 aliphatic heterocycles. The Bertz CT molecular complexity index is 686. The predicted octanol–water partition coefficient (Wildman–Crippen LogP) is 2.99. The maximum atomic E-state index is 5.40. The van der Waals surface area contributed by atoms with E-state index in [1.807, 2.05) is 6.92 Å². The zero-order valence-electron chi connectivity index (χ0n) is 13.8. The summed E-state index contributed by atoms with van der Waals surface area (Å²) >= 11 is 0. The average Bonchev–Trinajstić information content (AvgIpc) is 3.31. The lowest BCUT2D eigenvalue weighted by Crippen LogP contribution is -2.34. The fourth-order valence-corrected chi connectivity index (χ4v) is 3.23. The number of aryl methyl sites for hydroxylation is 2. The summed E-state index contributed by atoms with van der Waals surface area (Å²) in [6, 6.07) is 2.12. The highest BCUT2D eigenvalue weighted by atomic mass is 16.5. The third-order valence-corrected chi connectivity index (χ3v) is 4.81. The molecule has 0 spiro atoms. The van der Waals surface area contributed by atoms with Gasteiger partial charge in [-0.1, -0.05) is 12.1 Å². The van der Waals surface area contributed by atoms with Crippen LogP contribution >= 0.6 is 0 Å². The van der Waals surface area contributed by atoms with Gasteiger partial charge in [0.2, 0.25) is 5.89 Å². The highest BCUT2D eigenvalue weighted by molar-refractivity contribution is 5.40. The normalized spacial score (nSPS) is 19.3. The standard InChI is InChI=1S/C17H23N5O/c1-3-14-10-15(19-11(2)18-14)22-8-6-12(7-9-22)16-20-17(23-21-16)13-4-5-13/h10,12-13H,3-9H2,1-2H3. The molecule has 1 saturated carbocycles. The molecule has 2 aliphatic rings. The summed E-state index contributed by atoms with van der Waals surface area (Å²) < 4.78 is 5.40. The van der Waals surface area contributed by atoms with E-state index in [2.05, 4.69) is 38.0 Å². The fraction of sp³-hybridized carbons (Fsp3) is 0.647. The highest BCUT2D eigenvalue weighted by Gasteiger charge is 2.32. The van der Waals surface area contributed by atoms with Crippen LogP contribution in [-0.2, 0) is 6.42 Å².